The van der Waals surface area contributed by atoms with Crippen molar-refractivity contribution in [2.24, 2.45) is 0 Å². The van der Waals surface area contributed by atoms with Crippen molar-refractivity contribution in [1.29, 1.82) is 0 Å². The fraction of sp³-hybridized carbons (Fsp3) is 0.400. The number of aromatic nitrogens is 1. The molecule has 0 spiro atoms. The first-order valence-electron chi connectivity index (χ1n) is 4.55. The molecule has 0 aliphatic carbocycles. The highest BCUT2D eigenvalue weighted by molar-refractivity contribution is 6.52. The van der Waals surface area contributed by atoms with Crippen LogP contribution in [0.4, 0.5) is 0 Å². The molecule has 2 N–H and O–H groups in total. The van der Waals surface area contributed by atoms with Gasteiger partial charge in [-0.2, -0.15) is 0 Å². The van der Waals surface area contributed by atoms with Crippen molar-refractivity contribution < 1.29 is 15.0 Å². The zero-order chi connectivity index (χ0) is 12.7. The summed E-state index contributed by atoms with van der Waals surface area (Å²) in [6.07, 6.45) is 0.785. The molecule has 0 aliphatic heterocycles. The second-order valence-electron chi connectivity index (χ2n) is 2.91. The van der Waals surface area contributed by atoms with Crippen LogP contribution < -0.4 is 0 Å². The van der Waals surface area contributed by atoms with E-state index in [1.54, 1.807) is 12.1 Å². The summed E-state index contributed by atoms with van der Waals surface area (Å²) >= 11 is 9.56. The van der Waals surface area contributed by atoms with Crippen LogP contribution in [0.3, 0.4) is 0 Å². The molecule has 0 saturated carbocycles. The molecule has 90 valence electrons. The van der Waals surface area contributed by atoms with Crippen molar-refractivity contribution >= 4 is 29.2 Å². The molecule has 16 heavy (non-hydrogen) atoms. The molecular formula is C10H13Cl2NO3. The lowest BCUT2D eigenvalue weighted by Crippen LogP contribution is -2.03. The molecule has 0 atom stereocenters. The maximum absolute atomic E-state index is 9.44. The Morgan fingerprint density at radius 2 is 2.00 bits per heavy atom. The number of pyridine rings is 1. The Morgan fingerprint density at radius 1 is 1.50 bits per heavy atom. The molecule has 1 rings (SSSR count). The molecule has 0 unspecified atom stereocenters. The Hall–Kier alpha value is -1.000. The van der Waals surface area contributed by atoms with Crippen molar-refractivity contribution in [3.8, 4) is 5.75 Å². The van der Waals surface area contributed by atoms with Crippen LogP contribution in [0.5, 0.6) is 5.75 Å². The summed E-state index contributed by atoms with van der Waals surface area (Å²) in [6, 6.07) is 3.48. The molecule has 0 fully saturated rings. The summed E-state index contributed by atoms with van der Waals surface area (Å²) in [5, 5.41) is 16.9. The van der Waals surface area contributed by atoms with Gasteiger partial charge in [-0.3, -0.25) is 4.98 Å². The van der Waals surface area contributed by atoms with Crippen molar-refractivity contribution in [2.75, 3.05) is 0 Å². The molecule has 1 heterocycles. The van der Waals surface area contributed by atoms with E-state index in [0.717, 1.165) is 17.8 Å². The lowest BCUT2D eigenvalue weighted by atomic mass is 10.2. The number of aliphatic carboxylic acids is 1. The fourth-order valence-corrected chi connectivity index (χ4v) is 0.863. The Labute approximate surface area is 104 Å². The number of hydrogen-bond acceptors (Lipinski definition) is 3. The molecular weight excluding hydrogens is 253 g/mol. The highest BCUT2D eigenvalue weighted by Crippen LogP contribution is 2.14. The van der Waals surface area contributed by atoms with Gasteiger partial charge in [0.15, 0.2) is 0 Å². The Balaban J connectivity index is 0.000000325. The van der Waals surface area contributed by atoms with Crippen LogP contribution in [0.2, 0.25) is 0 Å². The zero-order valence-electron chi connectivity index (χ0n) is 8.94. The molecule has 0 aliphatic rings. The summed E-state index contributed by atoms with van der Waals surface area (Å²) in [5.41, 5.74) is 1.73. The maximum atomic E-state index is 9.44. The average molecular weight is 266 g/mol. The summed E-state index contributed by atoms with van der Waals surface area (Å²) in [6.45, 7) is 3.89. The maximum Gasteiger partial charge on any atom is 0.337 e. The highest BCUT2D eigenvalue weighted by atomic mass is 35.5. The third-order valence-corrected chi connectivity index (χ3v) is 1.98. The molecule has 0 amide bonds. The zero-order valence-corrected chi connectivity index (χ0v) is 10.5. The molecule has 6 heteroatoms. The first-order chi connectivity index (χ1) is 7.38. The Bertz CT molecular complexity index is 356. The van der Waals surface area contributed by atoms with Crippen molar-refractivity contribution in [3.05, 3.63) is 23.5 Å². The minimum atomic E-state index is -1.29. The fourth-order valence-electron chi connectivity index (χ4n) is 0.863. The molecule has 4 nitrogen and oxygen atoms in total. The van der Waals surface area contributed by atoms with Crippen molar-refractivity contribution in [2.45, 2.75) is 25.1 Å². The lowest BCUT2D eigenvalue weighted by Gasteiger charge is -1.99. The highest BCUT2D eigenvalue weighted by Gasteiger charge is 2.05. The Morgan fingerprint density at radius 3 is 2.31 bits per heavy atom. The number of carboxylic acids is 1. The van der Waals surface area contributed by atoms with Gasteiger partial charge in [-0.1, -0.05) is 30.1 Å². The van der Waals surface area contributed by atoms with E-state index in [4.69, 9.17) is 28.3 Å². The minimum Gasteiger partial charge on any atom is -0.506 e. The molecule has 0 saturated heterocycles. The number of halogens is 2. The van der Waals surface area contributed by atoms with Crippen LogP contribution in [0.15, 0.2) is 12.1 Å². The van der Waals surface area contributed by atoms with Crippen LogP contribution in [0.25, 0.3) is 0 Å². The second kappa shape index (κ2) is 7.30. The van der Waals surface area contributed by atoms with E-state index >= 15 is 0 Å². The van der Waals surface area contributed by atoms with Gasteiger partial charge < -0.3 is 10.2 Å². The van der Waals surface area contributed by atoms with E-state index in [1.807, 2.05) is 13.8 Å². The van der Waals surface area contributed by atoms with Crippen LogP contribution >= 0.6 is 23.2 Å². The van der Waals surface area contributed by atoms with E-state index in [9.17, 15) is 9.90 Å². The predicted molar refractivity (Wildman–Crippen MR) is 63.1 cm³/mol. The third-order valence-electron chi connectivity index (χ3n) is 1.61. The van der Waals surface area contributed by atoms with Gasteiger partial charge in [-0.15, -0.1) is 0 Å². The monoisotopic (exact) mass is 265 g/mol. The molecule has 0 aromatic carbocycles. The number of aryl methyl sites for hydroxylation is 2. The number of alkyl halides is 2. The first-order valence-corrected chi connectivity index (χ1v) is 5.42. The second-order valence-corrected chi connectivity index (χ2v) is 4.01. The number of hydrogen-bond donors (Lipinski definition) is 2. The smallest absolute Gasteiger partial charge is 0.337 e. The summed E-state index contributed by atoms with van der Waals surface area (Å²) < 4.78 is 0. The summed E-state index contributed by atoms with van der Waals surface area (Å²) in [5.74, 6) is -0.911. The van der Waals surface area contributed by atoms with Crippen molar-refractivity contribution in [1.82, 2.24) is 4.98 Å². The first kappa shape index (κ1) is 15.0. The SMILES string of the molecule is CCc1nc(C)ccc1O.O=C(O)C(Cl)Cl. The Kier molecular flexibility index (Phi) is 6.85. The van der Waals surface area contributed by atoms with Gasteiger partial charge in [0.25, 0.3) is 0 Å². The predicted octanol–water partition coefficient (Wildman–Crippen LogP) is 2.53. The number of rotatable bonds is 2. The van der Waals surface area contributed by atoms with Crippen molar-refractivity contribution in [3.63, 3.8) is 0 Å². The molecule has 0 bridgehead atoms. The van der Waals surface area contributed by atoms with Crippen LogP contribution in [-0.4, -0.2) is 26.0 Å². The molecule has 1 aromatic heterocycles. The number of carbonyl (C=O) groups is 1. The van der Waals surface area contributed by atoms with Gasteiger partial charge in [-0.05, 0) is 25.5 Å². The quantitative estimate of drug-likeness (QED) is 0.807. The normalized spacial score (nSPS) is 9.56. The average Bonchev–Trinajstić information content (AvgIpc) is 2.22. The van der Waals surface area contributed by atoms with Gasteiger partial charge in [0.05, 0.1) is 5.69 Å². The van der Waals surface area contributed by atoms with Gasteiger partial charge >= 0.3 is 5.97 Å². The van der Waals surface area contributed by atoms with E-state index in [0.29, 0.717) is 5.75 Å². The summed E-state index contributed by atoms with van der Waals surface area (Å²) in [4.78, 5) is 12.3. The number of carboxylic acid groups (broad SMARTS) is 1. The lowest BCUT2D eigenvalue weighted by molar-refractivity contribution is -0.135. The molecule has 0 radical (unpaired) electrons. The van der Waals surface area contributed by atoms with Gasteiger partial charge in [-0.25, -0.2) is 4.79 Å². The van der Waals surface area contributed by atoms with Crippen LogP contribution in [0, 0.1) is 6.92 Å². The topological polar surface area (TPSA) is 70.4 Å². The summed E-state index contributed by atoms with van der Waals surface area (Å²) in [7, 11) is 0. The van der Waals surface area contributed by atoms with Gasteiger partial charge in [0.2, 0.25) is 4.84 Å². The number of aromatic hydroxyl groups is 1. The van der Waals surface area contributed by atoms with E-state index in [2.05, 4.69) is 4.98 Å². The largest absolute Gasteiger partial charge is 0.506 e. The van der Waals surface area contributed by atoms with E-state index in [1.165, 1.54) is 0 Å². The van der Waals surface area contributed by atoms with E-state index in [-0.39, 0.29) is 0 Å². The van der Waals surface area contributed by atoms with Crippen LogP contribution in [-0.2, 0) is 11.2 Å². The van der Waals surface area contributed by atoms with Gasteiger partial charge in [0, 0.05) is 5.69 Å². The standard InChI is InChI=1S/C8H11NO.C2H2Cl2O2/c1-3-7-8(10)5-4-6(2)9-7;3-1(4)2(5)6/h4-5,10H,3H2,1-2H3;1H,(H,5,6). The van der Waals surface area contributed by atoms with Crippen LogP contribution in [0.1, 0.15) is 18.3 Å². The molecule has 1 aromatic rings. The number of nitrogens with zero attached hydrogens (tertiary/aromatic N) is 1. The minimum absolute atomic E-state index is 0.299. The third kappa shape index (κ3) is 5.78. The van der Waals surface area contributed by atoms with Gasteiger partial charge in [0.1, 0.15) is 5.75 Å². The van der Waals surface area contributed by atoms with E-state index < -0.39 is 10.8 Å².